The highest BCUT2D eigenvalue weighted by molar-refractivity contribution is 7.86. The largest absolute Gasteiger partial charge is 0.379 e. The van der Waals surface area contributed by atoms with Gasteiger partial charge in [-0.3, -0.25) is 0 Å². The molecule has 6 heteroatoms. The molecule has 2 fully saturated rings. The molecule has 2 heterocycles. The van der Waals surface area contributed by atoms with Crippen molar-refractivity contribution in [3.05, 3.63) is 35.9 Å². The van der Waals surface area contributed by atoms with Gasteiger partial charge in [0.1, 0.15) is 0 Å². The fourth-order valence-corrected chi connectivity index (χ4v) is 5.21. The molecule has 0 radical (unpaired) electrons. The van der Waals surface area contributed by atoms with Gasteiger partial charge >= 0.3 is 0 Å². The first-order valence-corrected chi connectivity index (χ1v) is 9.19. The van der Waals surface area contributed by atoms with Gasteiger partial charge < -0.3 is 4.74 Å². The van der Waals surface area contributed by atoms with Gasteiger partial charge in [0, 0.05) is 32.1 Å². The molecule has 1 atom stereocenters. The summed E-state index contributed by atoms with van der Waals surface area (Å²) in [6, 6.07) is 10.2. The summed E-state index contributed by atoms with van der Waals surface area (Å²) in [7, 11) is -3.39. The Labute approximate surface area is 133 Å². The third kappa shape index (κ3) is 2.93. The van der Waals surface area contributed by atoms with Crippen LogP contribution in [0, 0.1) is 5.41 Å². The number of morpholine rings is 1. The van der Waals surface area contributed by atoms with E-state index in [4.69, 9.17) is 4.74 Å². The molecule has 2 aliphatic rings. The average molecular weight is 324 g/mol. The predicted molar refractivity (Wildman–Crippen MR) is 85.8 cm³/mol. The van der Waals surface area contributed by atoms with Crippen LogP contribution in [0.5, 0.6) is 0 Å². The summed E-state index contributed by atoms with van der Waals surface area (Å²) in [6.07, 6.45) is 0. The van der Waals surface area contributed by atoms with Gasteiger partial charge in [0.15, 0.2) is 0 Å². The second-order valence-electron chi connectivity index (χ2n) is 6.76. The highest BCUT2D eigenvalue weighted by Gasteiger charge is 2.46. The summed E-state index contributed by atoms with van der Waals surface area (Å²) >= 11 is 0. The zero-order valence-electron chi connectivity index (χ0n) is 13.2. The summed E-state index contributed by atoms with van der Waals surface area (Å²) in [6.45, 7) is 7.30. The molecule has 2 saturated heterocycles. The van der Waals surface area contributed by atoms with Crippen LogP contribution < -0.4 is 0 Å². The first kappa shape index (κ1) is 15.9. The maximum absolute atomic E-state index is 12.8. The predicted octanol–water partition coefficient (Wildman–Crippen LogP) is 1.69. The van der Waals surface area contributed by atoms with E-state index in [9.17, 15) is 8.42 Å². The third-order valence-corrected chi connectivity index (χ3v) is 6.69. The molecule has 0 N–H and O–H groups in total. The fraction of sp³-hybridized carbons (Fsp3) is 0.625. The highest BCUT2D eigenvalue weighted by atomic mass is 32.2. The van der Waals surface area contributed by atoms with Gasteiger partial charge in [-0.1, -0.05) is 44.2 Å². The van der Waals surface area contributed by atoms with E-state index in [-0.39, 0.29) is 11.3 Å². The lowest BCUT2D eigenvalue weighted by Gasteiger charge is -2.30. The normalized spacial score (nSPS) is 27.1. The Kier molecular flexibility index (Phi) is 4.29. The fourth-order valence-electron chi connectivity index (χ4n) is 3.44. The lowest BCUT2D eigenvalue weighted by atomic mass is 9.78. The maximum Gasteiger partial charge on any atom is 0.282 e. The van der Waals surface area contributed by atoms with Crippen LogP contribution in [0.2, 0.25) is 0 Å². The molecule has 0 unspecified atom stereocenters. The Hall–Kier alpha value is -0.950. The first-order chi connectivity index (χ1) is 10.4. The third-order valence-electron chi connectivity index (χ3n) is 4.74. The molecule has 0 aromatic heterocycles. The van der Waals surface area contributed by atoms with Gasteiger partial charge in [0.25, 0.3) is 10.2 Å². The second kappa shape index (κ2) is 5.92. The summed E-state index contributed by atoms with van der Waals surface area (Å²) in [4.78, 5) is 0. The van der Waals surface area contributed by atoms with Crippen molar-refractivity contribution in [3.63, 3.8) is 0 Å². The summed E-state index contributed by atoms with van der Waals surface area (Å²) in [5, 5.41) is 0. The molecule has 0 amide bonds. The molecule has 5 nitrogen and oxygen atoms in total. The topological polar surface area (TPSA) is 49.9 Å². The van der Waals surface area contributed by atoms with Crippen molar-refractivity contribution >= 4 is 10.2 Å². The number of nitrogens with zero attached hydrogens (tertiary/aromatic N) is 2. The van der Waals surface area contributed by atoms with E-state index in [1.54, 1.807) is 8.61 Å². The summed E-state index contributed by atoms with van der Waals surface area (Å²) < 4.78 is 34.2. The second-order valence-corrected chi connectivity index (χ2v) is 8.69. The molecule has 0 spiro atoms. The molecule has 0 saturated carbocycles. The monoisotopic (exact) mass is 324 g/mol. The lowest BCUT2D eigenvalue weighted by molar-refractivity contribution is 0.0704. The van der Waals surface area contributed by atoms with E-state index in [0.717, 1.165) is 0 Å². The summed E-state index contributed by atoms with van der Waals surface area (Å²) in [5.41, 5.74) is 1.15. The van der Waals surface area contributed by atoms with Crippen molar-refractivity contribution in [3.8, 4) is 0 Å². The van der Waals surface area contributed by atoms with Crippen LogP contribution >= 0.6 is 0 Å². The molecule has 122 valence electrons. The molecular weight excluding hydrogens is 300 g/mol. The highest BCUT2D eigenvalue weighted by Crippen LogP contribution is 2.43. The van der Waals surface area contributed by atoms with Crippen molar-refractivity contribution in [2.45, 2.75) is 19.8 Å². The quantitative estimate of drug-likeness (QED) is 0.850. The summed E-state index contributed by atoms with van der Waals surface area (Å²) in [5.74, 6) is 0.226. The lowest BCUT2D eigenvalue weighted by Crippen LogP contribution is -2.48. The number of benzene rings is 1. The van der Waals surface area contributed by atoms with Gasteiger partial charge in [-0.05, 0) is 11.0 Å². The van der Waals surface area contributed by atoms with Crippen molar-refractivity contribution in [2.24, 2.45) is 5.41 Å². The minimum absolute atomic E-state index is 0.0687. The minimum atomic E-state index is -3.39. The molecule has 1 aromatic carbocycles. The van der Waals surface area contributed by atoms with Gasteiger partial charge in [-0.25, -0.2) is 0 Å². The Bertz CT molecular complexity index is 610. The number of rotatable bonds is 3. The molecule has 0 bridgehead atoms. The zero-order chi connectivity index (χ0) is 15.8. The molecule has 22 heavy (non-hydrogen) atoms. The SMILES string of the molecule is CC1(C)CN(S(=O)(=O)N2CCOCC2)C[C@@H]1c1ccccc1. The Morgan fingerprint density at radius 3 is 2.36 bits per heavy atom. The molecule has 1 aromatic rings. The van der Waals surface area contributed by atoms with Gasteiger partial charge in [0.05, 0.1) is 13.2 Å². The van der Waals surface area contributed by atoms with E-state index in [2.05, 4.69) is 26.0 Å². The molecule has 3 rings (SSSR count). The van der Waals surface area contributed by atoms with E-state index in [1.165, 1.54) is 5.56 Å². The Morgan fingerprint density at radius 2 is 1.73 bits per heavy atom. The van der Waals surface area contributed by atoms with E-state index in [1.807, 2.05) is 18.2 Å². The van der Waals surface area contributed by atoms with Gasteiger partial charge in [-0.15, -0.1) is 0 Å². The smallest absolute Gasteiger partial charge is 0.282 e. The van der Waals surface area contributed by atoms with Gasteiger partial charge in [-0.2, -0.15) is 17.0 Å². The van der Waals surface area contributed by atoms with Crippen molar-refractivity contribution in [1.82, 2.24) is 8.61 Å². The number of hydrogen-bond acceptors (Lipinski definition) is 3. The minimum Gasteiger partial charge on any atom is -0.379 e. The Balaban J connectivity index is 1.82. The number of ether oxygens (including phenoxy) is 1. The average Bonchev–Trinajstić information content (AvgIpc) is 2.85. The molecule has 0 aliphatic carbocycles. The number of hydrogen-bond donors (Lipinski definition) is 0. The van der Waals surface area contributed by atoms with Crippen LogP contribution in [-0.2, 0) is 14.9 Å². The van der Waals surface area contributed by atoms with Crippen LogP contribution in [0.25, 0.3) is 0 Å². The van der Waals surface area contributed by atoms with Crippen molar-refractivity contribution in [2.75, 3.05) is 39.4 Å². The van der Waals surface area contributed by atoms with E-state index in [0.29, 0.717) is 39.4 Å². The van der Waals surface area contributed by atoms with E-state index >= 15 is 0 Å². The van der Waals surface area contributed by atoms with E-state index < -0.39 is 10.2 Å². The molecule has 2 aliphatic heterocycles. The Morgan fingerprint density at radius 1 is 1.09 bits per heavy atom. The van der Waals surface area contributed by atoms with Crippen LogP contribution in [0.15, 0.2) is 30.3 Å². The first-order valence-electron chi connectivity index (χ1n) is 7.79. The van der Waals surface area contributed by atoms with Gasteiger partial charge in [0.2, 0.25) is 0 Å². The van der Waals surface area contributed by atoms with Crippen LogP contribution in [0.4, 0.5) is 0 Å². The van der Waals surface area contributed by atoms with Crippen molar-refractivity contribution in [1.29, 1.82) is 0 Å². The van der Waals surface area contributed by atoms with Crippen LogP contribution in [0.1, 0.15) is 25.3 Å². The zero-order valence-corrected chi connectivity index (χ0v) is 14.1. The maximum atomic E-state index is 12.8. The van der Waals surface area contributed by atoms with Crippen LogP contribution in [0.3, 0.4) is 0 Å². The standard InChI is InChI=1S/C16H24N2O3S/c1-16(2)13-18(12-15(16)14-6-4-3-5-7-14)22(19,20)17-8-10-21-11-9-17/h3-7,15H,8-13H2,1-2H3/t15-/m1/s1. The molecular formula is C16H24N2O3S. The van der Waals surface area contributed by atoms with Crippen molar-refractivity contribution < 1.29 is 13.2 Å². The van der Waals surface area contributed by atoms with Crippen LogP contribution in [-0.4, -0.2) is 56.4 Å².